The third-order valence-electron chi connectivity index (χ3n) is 5.88. The topological polar surface area (TPSA) is 48.1 Å². The molecule has 0 aliphatic carbocycles. The van der Waals surface area contributed by atoms with Crippen LogP contribution in [0, 0.1) is 5.92 Å². The first-order chi connectivity index (χ1) is 12.0. The van der Waals surface area contributed by atoms with Crippen LogP contribution in [-0.4, -0.2) is 97.8 Å². The summed E-state index contributed by atoms with van der Waals surface area (Å²) in [6, 6.07) is 0.658. The van der Waals surface area contributed by atoms with E-state index in [1.165, 1.54) is 0 Å². The number of hydrogen-bond acceptors (Lipinski definition) is 5. The van der Waals surface area contributed by atoms with Gasteiger partial charge in [0.05, 0.1) is 12.2 Å². The minimum absolute atomic E-state index is 0.124. The Morgan fingerprint density at radius 2 is 1.76 bits per heavy atom. The van der Waals surface area contributed by atoms with E-state index in [9.17, 15) is 4.79 Å². The number of amides is 1. The highest BCUT2D eigenvalue weighted by Crippen LogP contribution is 2.20. The van der Waals surface area contributed by atoms with E-state index in [1.54, 1.807) is 0 Å². The standard InChI is InChI=1S/C19H36N4O2/c1-15(2)19(24)23-6-4-17(5-7-23)22-10-8-21(9-11-22)14-18-13-20-12-16(3)25-18/h15-18,20H,4-14H2,1-3H3/t16-,18+/m1/s1. The lowest BCUT2D eigenvalue weighted by molar-refractivity contribution is -0.136. The van der Waals surface area contributed by atoms with Crippen molar-refractivity contribution in [3.8, 4) is 0 Å². The number of carbonyl (C=O) groups is 1. The van der Waals surface area contributed by atoms with Gasteiger partial charge < -0.3 is 15.0 Å². The Morgan fingerprint density at radius 3 is 2.36 bits per heavy atom. The minimum Gasteiger partial charge on any atom is -0.371 e. The lowest BCUT2D eigenvalue weighted by Gasteiger charge is -2.44. The predicted octanol–water partition coefficient (Wildman–Crippen LogP) is 0.628. The van der Waals surface area contributed by atoms with E-state index in [0.717, 1.165) is 71.7 Å². The number of ether oxygens (including phenoxy) is 1. The molecule has 3 saturated heterocycles. The Balaban J connectivity index is 1.37. The van der Waals surface area contributed by atoms with Crippen LogP contribution in [-0.2, 0) is 9.53 Å². The summed E-state index contributed by atoms with van der Waals surface area (Å²) in [5.41, 5.74) is 0. The molecule has 1 N–H and O–H groups in total. The third-order valence-corrected chi connectivity index (χ3v) is 5.88. The number of nitrogens with zero attached hydrogens (tertiary/aromatic N) is 3. The summed E-state index contributed by atoms with van der Waals surface area (Å²) in [6.45, 7) is 15.6. The van der Waals surface area contributed by atoms with Gasteiger partial charge in [0.15, 0.2) is 0 Å². The van der Waals surface area contributed by atoms with Gasteiger partial charge in [-0.05, 0) is 19.8 Å². The van der Waals surface area contributed by atoms with Crippen LogP contribution in [0.2, 0.25) is 0 Å². The van der Waals surface area contributed by atoms with E-state index in [0.29, 0.717) is 24.2 Å². The second-order valence-electron chi connectivity index (χ2n) is 8.27. The van der Waals surface area contributed by atoms with Gasteiger partial charge in [0, 0.05) is 70.9 Å². The van der Waals surface area contributed by atoms with Gasteiger partial charge in [-0.1, -0.05) is 13.8 Å². The van der Waals surface area contributed by atoms with Crippen molar-refractivity contribution in [3.05, 3.63) is 0 Å². The van der Waals surface area contributed by atoms with Crippen molar-refractivity contribution in [2.45, 2.75) is 51.9 Å². The zero-order valence-corrected chi connectivity index (χ0v) is 16.2. The molecule has 144 valence electrons. The number of nitrogens with one attached hydrogen (secondary N) is 1. The number of rotatable bonds is 4. The van der Waals surface area contributed by atoms with Crippen molar-refractivity contribution < 1.29 is 9.53 Å². The molecule has 3 fully saturated rings. The highest BCUT2D eigenvalue weighted by molar-refractivity contribution is 5.78. The van der Waals surface area contributed by atoms with E-state index < -0.39 is 0 Å². The number of likely N-dealkylation sites (tertiary alicyclic amines) is 1. The summed E-state index contributed by atoms with van der Waals surface area (Å²) < 4.78 is 6.03. The molecule has 0 spiro atoms. The minimum atomic E-state index is 0.124. The molecule has 3 heterocycles. The highest BCUT2D eigenvalue weighted by Gasteiger charge is 2.30. The fourth-order valence-electron chi connectivity index (χ4n) is 4.40. The lowest BCUT2D eigenvalue weighted by Crippen LogP contribution is -2.56. The van der Waals surface area contributed by atoms with E-state index in [2.05, 4.69) is 26.9 Å². The average Bonchev–Trinajstić information content (AvgIpc) is 2.62. The van der Waals surface area contributed by atoms with Crippen molar-refractivity contribution >= 4 is 5.91 Å². The smallest absolute Gasteiger partial charge is 0.225 e. The first-order valence-corrected chi connectivity index (χ1v) is 10.1. The molecule has 3 aliphatic heterocycles. The van der Waals surface area contributed by atoms with Gasteiger partial charge in [-0.2, -0.15) is 0 Å². The molecular weight excluding hydrogens is 316 g/mol. The summed E-state index contributed by atoms with van der Waals surface area (Å²) in [5.74, 6) is 0.442. The summed E-state index contributed by atoms with van der Waals surface area (Å²) in [4.78, 5) is 19.4. The van der Waals surface area contributed by atoms with Crippen LogP contribution in [0.1, 0.15) is 33.6 Å². The number of carbonyl (C=O) groups excluding carboxylic acids is 1. The molecule has 3 aliphatic rings. The molecule has 2 atom stereocenters. The van der Waals surface area contributed by atoms with Gasteiger partial charge in [0.2, 0.25) is 5.91 Å². The van der Waals surface area contributed by atoms with Crippen LogP contribution in [0.4, 0.5) is 0 Å². The van der Waals surface area contributed by atoms with Crippen LogP contribution >= 0.6 is 0 Å². The first-order valence-electron chi connectivity index (χ1n) is 10.1. The van der Waals surface area contributed by atoms with Gasteiger partial charge in [-0.3, -0.25) is 14.6 Å². The number of piperazine rings is 1. The quantitative estimate of drug-likeness (QED) is 0.804. The summed E-state index contributed by atoms with van der Waals surface area (Å²) >= 11 is 0. The highest BCUT2D eigenvalue weighted by atomic mass is 16.5. The molecule has 6 heteroatoms. The van der Waals surface area contributed by atoms with Crippen LogP contribution in [0.5, 0.6) is 0 Å². The maximum absolute atomic E-state index is 12.1. The molecule has 0 unspecified atom stereocenters. The van der Waals surface area contributed by atoms with Crippen molar-refractivity contribution in [1.29, 1.82) is 0 Å². The lowest BCUT2D eigenvalue weighted by atomic mass is 10.0. The second kappa shape index (κ2) is 8.80. The van der Waals surface area contributed by atoms with E-state index in [1.807, 2.05) is 13.8 Å². The molecule has 1 amide bonds. The first kappa shape index (κ1) is 19.1. The van der Waals surface area contributed by atoms with Crippen molar-refractivity contribution in [3.63, 3.8) is 0 Å². The molecule has 0 aromatic rings. The van der Waals surface area contributed by atoms with Crippen molar-refractivity contribution in [2.75, 3.05) is 58.9 Å². The van der Waals surface area contributed by atoms with E-state index in [-0.39, 0.29) is 5.92 Å². The Morgan fingerprint density at radius 1 is 1.08 bits per heavy atom. The fourth-order valence-corrected chi connectivity index (χ4v) is 4.40. The monoisotopic (exact) mass is 352 g/mol. The number of morpholine rings is 1. The molecule has 0 radical (unpaired) electrons. The second-order valence-corrected chi connectivity index (χ2v) is 8.27. The van der Waals surface area contributed by atoms with E-state index >= 15 is 0 Å². The summed E-state index contributed by atoms with van der Waals surface area (Å²) in [6.07, 6.45) is 2.93. The summed E-state index contributed by atoms with van der Waals surface area (Å²) in [5, 5.41) is 3.46. The Hall–Kier alpha value is -0.690. The van der Waals surface area contributed by atoms with Crippen LogP contribution < -0.4 is 5.32 Å². The molecular formula is C19H36N4O2. The van der Waals surface area contributed by atoms with Crippen molar-refractivity contribution in [1.82, 2.24) is 20.0 Å². The molecule has 6 nitrogen and oxygen atoms in total. The zero-order chi connectivity index (χ0) is 17.8. The third kappa shape index (κ3) is 5.16. The van der Waals surface area contributed by atoms with Crippen molar-refractivity contribution in [2.24, 2.45) is 5.92 Å². The van der Waals surface area contributed by atoms with Gasteiger partial charge in [-0.25, -0.2) is 0 Å². The van der Waals surface area contributed by atoms with Crippen LogP contribution in [0.25, 0.3) is 0 Å². The normalized spacial score (nSPS) is 30.8. The summed E-state index contributed by atoms with van der Waals surface area (Å²) in [7, 11) is 0. The van der Waals surface area contributed by atoms with Crippen LogP contribution in [0.15, 0.2) is 0 Å². The Kier molecular flexibility index (Phi) is 6.72. The number of hydrogen-bond donors (Lipinski definition) is 1. The molecule has 3 rings (SSSR count). The molecule has 25 heavy (non-hydrogen) atoms. The Labute approximate surface area is 152 Å². The maximum atomic E-state index is 12.1. The zero-order valence-electron chi connectivity index (χ0n) is 16.2. The van der Waals surface area contributed by atoms with Crippen LogP contribution in [0.3, 0.4) is 0 Å². The largest absolute Gasteiger partial charge is 0.371 e. The Bertz CT molecular complexity index is 429. The number of piperidine rings is 1. The SMILES string of the molecule is CC(C)C(=O)N1CCC(N2CCN(C[C@@H]3CNC[C@@H](C)O3)CC2)CC1. The van der Waals surface area contributed by atoms with E-state index in [4.69, 9.17) is 4.74 Å². The fraction of sp³-hybridized carbons (Fsp3) is 0.947. The molecule has 0 bridgehead atoms. The van der Waals surface area contributed by atoms with Gasteiger partial charge in [0.25, 0.3) is 0 Å². The molecule has 0 aromatic carbocycles. The molecule has 0 aromatic heterocycles. The van der Waals surface area contributed by atoms with Gasteiger partial charge >= 0.3 is 0 Å². The average molecular weight is 353 g/mol. The van der Waals surface area contributed by atoms with Gasteiger partial charge in [-0.15, -0.1) is 0 Å². The maximum Gasteiger partial charge on any atom is 0.225 e. The molecule has 0 saturated carbocycles. The van der Waals surface area contributed by atoms with Gasteiger partial charge in [0.1, 0.15) is 0 Å². The predicted molar refractivity (Wildman–Crippen MR) is 99.7 cm³/mol.